The fourth-order valence-electron chi connectivity index (χ4n) is 15.5. The SMILES string of the molecule is [2H]c1c([2H])c([2H])c(-c2ccc3c(c2)N(c2c(-c4ccccc4)cc(C(C)(C)C)cc2-c2ccccc2)c2cc(-c4cc(C(C)(C)C)cc(C(C)(C)C)c4)cc4c2B3c2ccc(-c3cc(C(C)(C)C)cc(C(C)(C)C)c3)cc2N4c2cccc3c2oc2c(-n4c5c([2H])c([2H])c([2H])c([2H])c5c5c([2H])c([2H])c([2H])c([2H])c54)cccc23)c([2H])c1[2H]. The van der Waals surface area contributed by atoms with Crippen molar-refractivity contribution in [2.75, 3.05) is 9.80 Å². The van der Waals surface area contributed by atoms with Crippen LogP contribution in [0.3, 0.4) is 0 Å². The average Bonchev–Trinajstić information content (AvgIpc) is 1.05. The molecule has 2 aliphatic heterocycles. The minimum absolute atomic E-state index is 0.0300. The highest BCUT2D eigenvalue weighted by Crippen LogP contribution is 2.55. The number of fused-ring (bicyclic) bond motifs is 10. The highest BCUT2D eigenvalue weighted by molar-refractivity contribution is 7.00. The predicted octanol–water partition coefficient (Wildman–Crippen LogP) is 25.6. The molecule has 13 aromatic carbocycles. The van der Waals surface area contributed by atoms with Gasteiger partial charge < -0.3 is 18.8 Å². The molecule has 0 aliphatic carbocycles. The van der Waals surface area contributed by atoms with Crippen molar-refractivity contribution < 1.29 is 22.2 Å². The van der Waals surface area contributed by atoms with Gasteiger partial charge in [-0.15, -0.1) is 0 Å². The summed E-state index contributed by atoms with van der Waals surface area (Å²) in [4.78, 5) is 4.75. The molecule has 0 N–H and O–H groups in total. The Morgan fingerprint density at radius 1 is 0.291 bits per heavy atom. The highest BCUT2D eigenvalue weighted by atomic mass is 16.3. The Morgan fingerprint density at radius 3 is 1.17 bits per heavy atom. The zero-order valence-electron chi connectivity index (χ0n) is 74.3. The Labute approximate surface area is 627 Å². The van der Waals surface area contributed by atoms with E-state index in [4.69, 9.17) is 11.3 Å². The largest absolute Gasteiger partial charge is 0.452 e. The summed E-state index contributed by atoms with van der Waals surface area (Å²) in [6.07, 6.45) is 0. The first-order chi connectivity index (χ1) is 54.6. The topological polar surface area (TPSA) is 24.6 Å². The summed E-state index contributed by atoms with van der Waals surface area (Å²) in [6, 6.07) is 62.9. The molecule has 2 aromatic heterocycles. The zero-order chi connectivity index (χ0) is 82.7. The monoisotopic (exact) mass is 1350 g/mol. The second-order valence-electron chi connectivity index (χ2n) is 33.3. The zero-order valence-corrected chi connectivity index (χ0v) is 61.3. The molecule has 0 fully saturated rings. The first-order valence-corrected chi connectivity index (χ1v) is 35.8. The molecule has 0 bridgehead atoms. The van der Waals surface area contributed by atoms with E-state index in [0.29, 0.717) is 38.9 Å². The number of nitrogens with zero attached hydrogens (tertiary/aromatic N) is 3. The van der Waals surface area contributed by atoms with E-state index in [0.717, 1.165) is 106 Å². The quantitative estimate of drug-likeness (QED) is 0.142. The van der Waals surface area contributed by atoms with E-state index in [1.807, 2.05) is 48.5 Å². The Morgan fingerprint density at radius 2 is 0.680 bits per heavy atom. The second-order valence-corrected chi connectivity index (χ2v) is 33.3. The Balaban J connectivity index is 1.07. The van der Waals surface area contributed by atoms with Gasteiger partial charge in [-0.25, -0.2) is 0 Å². The molecule has 2 aliphatic rings. The van der Waals surface area contributed by atoms with Gasteiger partial charge in [0.1, 0.15) is 0 Å². The molecule has 0 unspecified atom stereocenters. The van der Waals surface area contributed by atoms with Crippen molar-refractivity contribution in [1.82, 2.24) is 4.57 Å². The van der Waals surface area contributed by atoms with Gasteiger partial charge in [0.05, 0.1) is 45.9 Å². The molecule has 0 amide bonds. The van der Waals surface area contributed by atoms with Gasteiger partial charge in [-0.05, 0) is 176 Å². The van der Waals surface area contributed by atoms with Gasteiger partial charge in [-0.3, -0.25) is 0 Å². The molecule has 15 aromatic rings. The van der Waals surface area contributed by atoms with Crippen molar-refractivity contribution in [1.29, 1.82) is 0 Å². The minimum Gasteiger partial charge on any atom is -0.452 e. The summed E-state index contributed by atoms with van der Waals surface area (Å²) in [5.41, 5.74) is 20.8. The van der Waals surface area contributed by atoms with Crippen LogP contribution in [0.15, 0.2) is 277 Å². The lowest BCUT2D eigenvalue weighted by Crippen LogP contribution is -2.61. The molecule has 5 heteroatoms. The van der Waals surface area contributed by atoms with Crippen LogP contribution in [0.1, 0.15) is 149 Å². The van der Waals surface area contributed by atoms with Crippen LogP contribution in [0.5, 0.6) is 0 Å². The van der Waals surface area contributed by atoms with Gasteiger partial charge >= 0.3 is 0 Å². The van der Waals surface area contributed by atoms with Gasteiger partial charge in [-0.2, -0.15) is 0 Å². The van der Waals surface area contributed by atoms with Crippen LogP contribution in [0.4, 0.5) is 34.1 Å². The van der Waals surface area contributed by atoms with Gasteiger partial charge in [0, 0.05) is 55.4 Å². The van der Waals surface area contributed by atoms with Crippen molar-refractivity contribution in [3.8, 4) is 61.3 Å². The number of para-hydroxylation sites is 4. The Bertz CT molecular complexity index is 6500. The number of anilines is 6. The summed E-state index contributed by atoms with van der Waals surface area (Å²) < 4.78 is 130. The summed E-state index contributed by atoms with van der Waals surface area (Å²) in [5, 5.41) is 1.23. The maximum atomic E-state index is 9.68. The first kappa shape index (κ1) is 52.1. The summed E-state index contributed by atoms with van der Waals surface area (Å²) in [5.74, 6) is 0. The summed E-state index contributed by atoms with van der Waals surface area (Å²) >= 11 is 0. The van der Waals surface area contributed by atoms with Crippen LogP contribution in [0.2, 0.25) is 0 Å². The van der Waals surface area contributed by atoms with Crippen molar-refractivity contribution >= 4 is 101 Å². The van der Waals surface area contributed by atoms with Crippen LogP contribution >= 0.6 is 0 Å². The average molecular weight is 1350 g/mol. The van der Waals surface area contributed by atoms with E-state index in [1.54, 1.807) is 6.07 Å². The molecule has 4 nitrogen and oxygen atoms in total. The summed E-state index contributed by atoms with van der Waals surface area (Å²) in [6.45, 7) is 33.1. The third-order valence-electron chi connectivity index (χ3n) is 21.2. The third kappa shape index (κ3) is 11.1. The lowest BCUT2D eigenvalue weighted by atomic mass is 9.33. The minimum atomic E-state index is -0.572. The molecule has 0 spiro atoms. The molecule has 0 atom stereocenters. The fourth-order valence-corrected chi connectivity index (χ4v) is 15.5. The Kier molecular flexibility index (Phi) is 12.1. The van der Waals surface area contributed by atoms with E-state index < -0.39 is 73.2 Å². The maximum Gasteiger partial charge on any atom is 0.252 e. The number of furan rings is 1. The first-order valence-electron chi connectivity index (χ1n) is 42.3. The molecular weight excluding hydrogens is 1250 g/mol. The smallest absolute Gasteiger partial charge is 0.252 e. The molecule has 0 saturated carbocycles. The normalized spacial score (nSPS) is 15.1. The fraction of sp³-hybridized carbons (Fsp3) is 0.204. The number of benzene rings is 13. The summed E-state index contributed by atoms with van der Waals surface area (Å²) in [7, 11) is 0. The second kappa shape index (κ2) is 23.9. The lowest BCUT2D eigenvalue weighted by Gasteiger charge is -2.45. The number of rotatable bonds is 8. The molecule has 506 valence electrons. The highest BCUT2D eigenvalue weighted by Gasteiger charge is 2.46. The molecule has 0 saturated heterocycles. The third-order valence-corrected chi connectivity index (χ3v) is 21.2. The lowest BCUT2D eigenvalue weighted by molar-refractivity contribution is 0.568. The van der Waals surface area contributed by atoms with Crippen molar-refractivity contribution in [2.45, 2.75) is 131 Å². The van der Waals surface area contributed by atoms with Crippen LogP contribution in [0.25, 0.3) is 105 Å². The van der Waals surface area contributed by atoms with Crippen LogP contribution < -0.4 is 26.2 Å². The van der Waals surface area contributed by atoms with Gasteiger partial charge in [-0.1, -0.05) is 316 Å². The van der Waals surface area contributed by atoms with E-state index >= 15 is 0 Å². The molecule has 103 heavy (non-hydrogen) atoms. The maximum absolute atomic E-state index is 9.68. The number of hydrogen-bond donors (Lipinski definition) is 0. The van der Waals surface area contributed by atoms with Crippen molar-refractivity contribution in [3.05, 3.63) is 300 Å². The molecule has 4 heterocycles. The van der Waals surface area contributed by atoms with Gasteiger partial charge in [0.2, 0.25) is 0 Å². The number of hydrogen-bond acceptors (Lipinski definition) is 3. The van der Waals surface area contributed by atoms with Crippen LogP contribution in [-0.4, -0.2) is 11.3 Å². The molecule has 17 rings (SSSR count). The van der Waals surface area contributed by atoms with Crippen molar-refractivity contribution in [2.24, 2.45) is 0 Å². The Hall–Kier alpha value is -10.9. The van der Waals surface area contributed by atoms with Gasteiger partial charge in [0.25, 0.3) is 6.71 Å². The van der Waals surface area contributed by atoms with Crippen LogP contribution in [0, 0.1) is 0 Å². The van der Waals surface area contributed by atoms with Gasteiger partial charge in [0.15, 0.2) is 11.2 Å². The standard InChI is InChI=1S/C98H90BN3O/c1-94(2,3)69-49-66(50-70(57-69)95(4,5)6)65-46-48-80-86(54-65)101(85-44-30-40-77-76-39-29-43-84(92(76)103-93(77)85)100-82-41-27-25-37-74(82)75-38-26-28-42-83(75)100)88-55-68(67-51-71(96(7,8)9)58-72(52-67)97(10,11)12)56-89-90(88)99(80)81-47-45-64(61-31-19-16-20-32-61)53-87(81)102(89)91-78(62-33-21-17-22-34-62)59-73(98(13,14)15)60-79(91)63-35-23-18-24-36-63/h16-60H,1-15H3/i16D,19D,20D,25D,26D,27D,28D,31D,32D,37D,38D,41D,42D. The van der Waals surface area contributed by atoms with E-state index in [9.17, 15) is 11.0 Å². The predicted molar refractivity (Wildman–Crippen MR) is 443 cm³/mol. The van der Waals surface area contributed by atoms with E-state index in [2.05, 4.69) is 253 Å². The van der Waals surface area contributed by atoms with Crippen molar-refractivity contribution in [3.63, 3.8) is 0 Å². The van der Waals surface area contributed by atoms with E-state index in [1.165, 1.54) is 15.7 Å². The van der Waals surface area contributed by atoms with Crippen LogP contribution in [-0.2, 0) is 27.1 Å². The number of aromatic nitrogens is 1. The molecular formula is C98H90BN3O. The van der Waals surface area contributed by atoms with E-state index in [-0.39, 0.29) is 66.5 Å². The molecule has 0 radical (unpaired) electrons.